The van der Waals surface area contributed by atoms with Crippen LogP contribution in [0.15, 0.2) is 30.3 Å². The summed E-state index contributed by atoms with van der Waals surface area (Å²) in [4.78, 5) is 13.9. The fourth-order valence-electron chi connectivity index (χ4n) is 2.96. The first-order valence-corrected chi connectivity index (χ1v) is 8.59. The number of benzene rings is 1. The minimum atomic E-state index is 0.856. The van der Waals surface area contributed by atoms with Crippen molar-refractivity contribution in [3.63, 3.8) is 0 Å². The van der Waals surface area contributed by atoms with Crippen molar-refractivity contribution >= 4 is 17.4 Å². The van der Waals surface area contributed by atoms with Crippen molar-refractivity contribution in [1.29, 1.82) is 0 Å². The number of hydrogen-bond acceptors (Lipinski definition) is 4. The summed E-state index contributed by atoms with van der Waals surface area (Å²) in [6.07, 6.45) is 0.947. The number of halogens is 1. The van der Waals surface area contributed by atoms with Crippen LogP contribution in [0.1, 0.15) is 24.0 Å². The smallest absolute Gasteiger partial charge is 0.132 e. The van der Waals surface area contributed by atoms with E-state index in [4.69, 9.17) is 11.6 Å². The monoisotopic (exact) mass is 330 g/mol. The Morgan fingerprint density at radius 3 is 2.52 bits per heavy atom. The number of piperazine rings is 1. The topological polar surface area (TPSA) is 32.3 Å². The van der Waals surface area contributed by atoms with Crippen LogP contribution in [0.25, 0.3) is 0 Å². The van der Waals surface area contributed by atoms with Gasteiger partial charge in [-0.3, -0.25) is 4.90 Å². The Labute approximate surface area is 143 Å². The van der Waals surface area contributed by atoms with E-state index in [1.807, 2.05) is 25.1 Å². The van der Waals surface area contributed by atoms with E-state index in [9.17, 15) is 0 Å². The van der Waals surface area contributed by atoms with Gasteiger partial charge in [0, 0.05) is 49.5 Å². The second-order valence-corrected chi connectivity index (χ2v) is 6.38. The van der Waals surface area contributed by atoms with Gasteiger partial charge in [-0.2, -0.15) is 0 Å². The van der Waals surface area contributed by atoms with Crippen molar-refractivity contribution in [2.75, 3.05) is 31.1 Å². The van der Waals surface area contributed by atoms with Gasteiger partial charge in [-0.25, -0.2) is 9.97 Å². The van der Waals surface area contributed by atoms with Gasteiger partial charge in [0.2, 0.25) is 0 Å². The lowest BCUT2D eigenvalue weighted by atomic mass is 10.2. The van der Waals surface area contributed by atoms with Crippen molar-refractivity contribution in [2.45, 2.75) is 26.8 Å². The second-order valence-electron chi connectivity index (χ2n) is 5.97. The van der Waals surface area contributed by atoms with Gasteiger partial charge >= 0.3 is 0 Å². The predicted octanol–water partition coefficient (Wildman–Crippen LogP) is 3.32. The molecule has 0 saturated carbocycles. The lowest BCUT2D eigenvalue weighted by Crippen LogP contribution is -2.46. The Bertz CT molecular complexity index is 666. The van der Waals surface area contributed by atoms with E-state index in [0.29, 0.717) is 0 Å². The molecule has 2 heterocycles. The van der Waals surface area contributed by atoms with Crippen LogP contribution in [0.3, 0.4) is 0 Å². The number of rotatable bonds is 4. The molecule has 1 saturated heterocycles. The molecule has 23 heavy (non-hydrogen) atoms. The fraction of sp³-hybridized carbons (Fsp3) is 0.444. The number of aryl methyl sites for hydroxylation is 2. The largest absolute Gasteiger partial charge is 0.354 e. The van der Waals surface area contributed by atoms with Crippen LogP contribution in [0, 0.1) is 6.92 Å². The molecule has 4 nitrogen and oxygen atoms in total. The Hall–Kier alpha value is -1.65. The summed E-state index contributed by atoms with van der Waals surface area (Å²) in [5.41, 5.74) is 2.32. The predicted molar refractivity (Wildman–Crippen MR) is 95.1 cm³/mol. The summed E-state index contributed by atoms with van der Waals surface area (Å²) in [6.45, 7) is 9.04. The first kappa shape index (κ1) is 16.2. The minimum Gasteiger partial charge on any atom is -0.354 e. The van der Waals surface area contributed by atoms with E-state index in [1.54, 1.807) is 0 Å². The molecule has 3 rings (SSSR count). The summed E-state index contributed by atoms with van der Waals surface area (Å²) in [5.74, 6) is 1.92. The van der Waals surface area contributed by atoms with E-state index < -0.39 is 0 Å². The fourth-order valence-corrected chi connectivity index (χ4v) is 3.15. The molecule has 0 unspecified atom stereocenters. The number of nitrogens with zero attached hydrogens (tertiary/aromatic N) is 4. The maximum absolute atomic E-state index is 6.26. The summed E-state index contributed by atoms with van der Waals surface area (Å²) in [5, 5.41) is 0.856. The molecule has 5 heteroatoms. The lowest BCUT2D eigenvalue weighted by molar-refractivity contribution is 0.249. The first-order valence-electron chi connectivity index (χ1n) is 8.21. The van der Waals surface area contributed by atoms with Crippen LogP contribution < -0.4 is 4.90 Å². The Morgan fingerprint density at radius 2 is 1.83 bits per heavy atom. The zero-order valence-electron chi connectivity index (χ0n) is 13.8. The van der Waals surface area contributed by atoms with Crippen LogP contribution in [-0.2, 0) is 13.0 Å². The van der Waals surface area contributed by atoms with Crippen molar-refractivity contribution in [1.82, 2.24) is 14.9 Å². The molecular weight excluding hydrogens is 308 g/mol. The first-order chi connectivity index (χ1) is 11.2. The standard InChI is InChI=1S/C18H23ClN4/c1-3-16-12-18(21-14(2)20-16)23-10-8-22(9-11-23)13-15-6-4-5-7-17(15)19/h4-7,12H,3,8-11,13H2,1-2H3. The Kier molecular flexibility index (Phi) is 5.13. The number of hydrogen-bond donors (Lipinski definition) is 0. The van der Waals surface area contributed by atoms with Gasteiger partial charge in [0.1, 0.15) is 11.6 Å². The lowest BCUT2D eigenvalue weighted by Gasteiger charge is -2.35. The quantitative estimate of drug-likeness (QED) is 0.860. The second kappa shape index (κ2) is 7.28. The van der Waals surface area contributed by atoms with Gasteiger partial charge in [-0.1, -0.05) is 36.7 Å². The van der Waals surface area contributed by atoms with Gasteiger partial charge in [-0.05, 0) is 25.0 Å². The molecule has 1 aliphatic heterocycles. The zero-order valence-corrected chi connectivity index (χ0v) is 14.6. The van der Waals surface area contributed by atoms with Crippen LogP contribution in [0.5, 0.6) is 0 Å². The van der Waals surface area contributed by atoms with Crippen LogP contribution >= 0.6 is 11.6 Å². The maximum Gasteiger partial charge on any atom is 0.132 e. The molecule has 1 fully saturated rings. The third-order valence-electron chi connectivity index (χ3n) is 4.29. The van der Waals surface area contributed by atoms with Crippen LogP contribution in [0.2, 0.25) is 5.02 Å². The molecule has 0 N–H and O–H groups in total. The highest BCUT2D eigenvalue weighted by Crippen LogP contribution is 2.20. The highest BCUT2D eigenvalue weighted by molar-refractivity contribution is 6.31. The third-order valence-corrected chi connectivity index (χ3v) is 4.66. The normalized spacial score (nSPS) is 15.9. The van der Waals surface area contributed by atoms with Gasteiger partial charge in [0.15, 0.2) is 0 Å². The summed E-state index contributed by atoms with van der Waals surface area (Å²) >= 11 is 6.26. The summed E-state index contributed by atoms with van der Waals surface area (Å²) in [7, 11) is 0. The van der Waals surface area contributed by atoms with Crippen molar-refractivity contribution in [3.05, 3.63) is 52.4 Å². The molecule has 0 atom stereocenters. The van der Waals surface area contributed by atoms with E-state index >= 15 is 0 Å². The molecule has 122 valence electrons. The average molecular weight is 331 g/mol. The van der Waals surface area contributed by atoms with Crippen molar-refractivity contribution in [2.24, 2.45) is 0 Å². The number of anilines is 1. The Morgan fingerprint density at radius 1 is 1.09 bits per heavy atom. The highest BCUT2D eigenvalue weighted by Gasteiger charge is 2.19. The van der Waals surface area contributed by atoms with Gasteiger partial charge in [0.25, 0.3) is 0 Å². The molecule has 0 spiro atoms. The van der Waals surface area contributed by atoms with E-state index in [2.05, 4.69) is 38.8 Å². The highest BCUT2D eigenvalue weighted by atomic mass is 35.5. The molecule has 0 amide bonds. The number of aromatic nitrogens is 2. The SMILES string of the molecule is CCc1cc(N2CCN(Cc3ccccc3Cl)CC2)nc(C)n1. The maximum atomic E-state index is 6.26. The molecule has 0 aliphatic carbocycles. The Balaban J connectivity index is 1.62. The summed E-state index contributed by atoms with van der Waals surface area (Å²) < 4.78 is 0. The zero-order chi connectivity index (χ0) is 16.2. The van der Waals surface area contributed by atoms with Crippen LogP contribution in [0.4, 0.5) is 5.82 Å². The molecule has 1 aliphatic rings. The minimum absolute atomic E-state index is 0.856. The molecule has 1 aromatic carbocycles. The molecule has 1 aromatic heterocycles. The molecule has 0 radical (unpaired) electrons. The van der Waals surface area contributed by atoms with Crippen LogP contribution in [-0.4, -0.2) is 41.0 Å². The van der Waals surface area contributed by atoms with Gasteiger partial charge in [-0.15, -0.1) is 0 Å². The van der Waals surface area contributed by atoms with E-state index in [1.165, 1.54) is 5.56 Å². The third kappa shape index (κ3) is 4.01. The average Bonchev–Trinajstić information content (AvgIpc) is 2.57. The van der Waals surface area contributed by atoms with E-state index in [0.717, 1.165) is 61.5 Å². The van der Waals surface area contributed by atoms with Crippen molar-refractivity contribution < 1.29 is 0 Å². The molecule has 0 bridgehead atoms. The van der Waals surface area contributed by atoms with E-state index in [-0.39, 0.29) is 0 Å². The van der Waals surface area contributed by atoms with Gasteiger partial charge < -0.3 is 4.90 Å². The molecule has 2 aromatic rings. The van der Waals surface area contributed by atoms with Gasteiger partial charge in [0.05, 0.1) is 0 Å². The summed E-state index contributed by atoms with van der Waals surface area (Å²) in [6, 6.07) is 10.2. The molecular formula is C18H23ClN4. The van der Waals surface area contributed by atoms with Crippen molar-refractivity contribution in [3.8, 4) is 0 Å².